The Balaban J connectivity index is 2.15. The molecule has 1 aromatic carbocycles. The van der Waals surface area contributed by atoms with E-state index < -0.39 is 0 Å². The van der Waals surface area contributed by atoms with Crippen LogP contribution >= 0.6 is 0 Å². The normalized spacial score (nSPS) is 11.5. The number of hydrogen-bond donors (Lipinski definition) is 2. The van der Waals surface area contributed by atoms with E-state index in [1.54, 1.807) is 6.33 Å². The summed E-state index contributed by atoms with van der Waals surface area (Å²) in [5.74, 6) is 1.46. The van der Waals surface area contributed by atoms with Gasteiger partial charge >= 0.3 is 0 Å². The maximum atomic E-state index is 4.37. The van der Waals surface area contributed by atoms with E-state index in [0.717, 1.165) is 34.3 Å². The van der Waals surface area contributed by atoms with E-state index >= 15 is 0 Å². The minimum atomic E-state index is 0.583. The smallest absolute Gasteiger partial charge is 0.153 e. The number of nitrogens with zero attached hydrogens (tertiary/aromatic N) is 2. The minimum absolute atomic E-state index is 0.583. The summed E-state index contributed by atoms with van der Waals surface area (Å²) in [6.45, 7) is 5.26. The summed E-state index contributed by atoms with van der Waals surface area (Å²) in [5, 5.41) is 4.51. The van der Waals surface area contributed by atoms with Gasteiger partial charge in [0.15, 0.2) is 5.82 Å². The van der Waals surface area contributed by atoms with Crippen molar-refractivity contribution in [3.63, 3.8) is 0 Å². The second-order valence-electron chi connectivity index (χ2n) is 4.89. The predicted molar refractivity (Wildman–Crippen MR) is 74.7 cm³/mol. The molecule has 2 heterocycles. The van der Waals surface area contributed by atoms with Crippen molar-refractivity contribution in [3.8, 4) is 0 Å². The van der Waals surface area contributed by atoms with Crippen molar-refractivity contribution in [1.29, 1.82) is 0 Å². The van der Waals surface area contributed by atoms with Crippen LogP contribution in [0.2, 0.25) is 0 Å². The first kappa shape index (κ1) is 11.0. The fraction of sp³-hybridized carbons (Fsp3) is 0.286. The monoisotopic (exact) mass is 240 g/mol. The summed E-state index contributed by atoms with van der Waals surface area (Å²) >= 11 is 0. The van der Waals surface area contributed by atoms with Crippen molar-refractivity contribution in [2.24, 2.45) is 5.92 Å². The van der Waals surface area contributed by atoms with Gasteiger partial charge in [0.05, 0.1) is 0 Å². The Labute approximate surface area is 105 Å². The van der Waals surface area contributed by atoms with Crippen molar-refractivity contribution in [2.45, 2.75) is 13.8 Å². The highest BCUT2D eigenvalue weighted by atomic mass is 15.0. The highest BCUT2D eigenvalue weighted by Gasteiger charge is 2.09. The van der Waals surface area contributed by atoms with Crippen molar-refractivity contribution < 1.29 is 0 Å². The summed E-state index contributed by atoms with van der Waals surface area (Å²) in [7, 11) is 0. The lowest BCUT2D eigenvalue weighted by Gasteiger charge is -2.08. The summed E-state index contributed by atoms with van der Waals surface area (Å²) in [6, 6.07) is 8.18. The predicted octanol–water partition coefficient (Wildman–Crippen LogP) is 3.18. The topological polar surface area (TPSA) is 53.6 Å². The Kier molecular flexibility index (Phi) is 2.63. The van der Waals surface area contributed by atoms with Gasteiger partial charge in [-0.05, 0) is 12.0 Å². The van der Waals surface area contributed by atoms with Crippen LogP contribution < -0.4 is 5.32 Å². The van der Waals surface area contributed by atoms with Crippen LogP contribution in [-0.2, 0) is 0 Å². The van der Waals surface area contributed by atoms with Gasteiger partial charge < -0.3 is 10.3 Å². The van der Waals surface area contributed by atoms with Crippen LogP contribution in [0.25, 0.3) is 21.9 Å². The van der Waals surface area contributed by atoms with E-state index in [9.17, 15) is 0 Å². The van der Waals surface area contributed by atoms with Gasteiger partial charge in [0.1, 0.15) is 17.4 Å². The summed E-state index contributed by atoms with van der Waals surface area (Å²) in [4.78, 5) is 12.1. The quantitative estimate of drug-likeness (QED) is 0.739. The summed E-state index contributed by atoms with van der Waals surface area (Å²) in [5.41, 5.74) is 3.06. The fourth-order valence-corrected chi connectivity index (χ4v) is 2.08. The zero-order valence-electron chi connectivity index (χ0n) is 10.6. The van der Waals surface area contributed by atoms with E-state index in [-0.39, 0.29) is 0 Å². The zero-order valence-corrected chi connectivity index (χ0v) is 10.6. The second kappa shape index (κ2) is 4.29. The number of anilines is 1. The maximum absolute atomic E-state index is 4.37. The average molecular weight is 240 g/mol. The molecule has 4 heteroatoms. The molecule has 0 amide bonds. The lowest BCUT2D eigenvalue weighted by Crippen LogP contribution is -2.09. The van der Waals surface area contributed by atoms with Crippen molar-refractivity contribution in [3.05, 3.63) is 30.6 Å². The van der Waals surface area contributed by atoms with E-state index in [4.69, 9.17) is 0 Å². The van der Waals surface area contributed by atoms with Crippen molar-refractivity contribution in [1.82, 2.24) is 15.0 Å². The van der Waals surface area contributed by atoms with Crippen LogP contribution in [0.15, 0.2) is 30.6 Å². The summed E-state index contributed by atoms with van der Waals surface area (Å²) < 4.78 is 0. The molecule has 0 unspecified atom stereocenters. The molecule has 0 aliphatic heterocycles. The first-order chi connectivity index (χ1) is 8.75. The molecule has 0 aliphatic rings. The molecular formula is C14H16N4. The third-order valence-corrected chi connectivity index (χ3v) is 2.97. The third kappa shape index (κ3) is 1.79. The van der Waals surface area contributed by atoms with Gasteiger partial charge in [0.25, 0.3) is 0 Å². The molecule has 0 bridgehead atoms. The Morgan fingerprint density at radius 1 is 1.22 bits per heavy atom. The van der Waals surface area contributed by atoms with Gasteiger partial charge in [-0.25, -0.2) is 9.97 Å². The van der Waals surface area contributed by atoms with Gasteiger partial charge in [0.2, 0.25) is 0 Å². The average Bonchev–Trinajstić information content (AvgIpc) is 2.75. The fourth-order valence-electron chi connectivity index (χ4n) is 2.08. The van der Waals surface area contributed by atoms with Crippen LogP contribution in [0.5, 0.6) is 0 Å². The van der Waals surface area contributed by atoms with Gasteiger partial charge in [-0.2, -0.15) is 0 Å². The molecular weight excluding hydrogens is 224 g/mol. The van der Waals surface area contributed by atoms with Crippen LogP contribution in [0.4, 0.5) is 5.82 Å². The van der Waals surface area contributed by atoms with Gasteiger partial charge in [-0.15, -0.1) is 0 Å². The lowest BCUT2D eigenvalue weighted by atomic mass is 10.2. The molecule has 2 aromatic heterocycles. The molecule has 0 atom stereocenters. The molecule has 2 N–H and O–H groups in total. The number of aromatic amines is 1. The molecule has 0 saturated carbocycles. The third-order valence-electron chi connectivity index (χ3n) is 2.97. The van der Waals surface area contributed by atoms with Gasteiger partial charge in [0, 0.05) is 17.4 Å². The largest absolute Gasteiger partial charge is 0.368 e. The molecule has 3 rings (SSSR count). The Morgan fingerprint density at radius 3 is 2.89 bits per heavy atom. The number of benzene rings is 1. The first-order valence-corrected chi connectivity index (χ1v) is 6.21. The SMILES string of the molecule is CC(C)CNc1ncnc2c1[nH]c1ccccc12. The molecule has 0 saturated heterocycles. The lowest BCUT2D eigenvalue weighted by molar-refractivity contribution is 0.687. The molecule has 0 fully saturated rings. The van der Waals surface area contributed by atoms with Gasteiger partial charge in [-0.3, -0.25) is 0 Å². The summed E-state index contributed by atoms with van der Waals surface area (Å²) in [6.07, 6.45) is 1.62. The Bertz CT molecular complexity index is 684. The molecule has 0 radical (unpaired) electrons. The minimum Gasteiger partial charge on any atom is -0.368 e. The van der Waals surface area contributed by atoms with Crippen LogP contribution in [0.3, 0.4) is 0 Å². The van der Waals surface area contributed by atoms with Crippen molar-refractivity contribution in [2.75, 3.05) is 11.9 Å². The van der Waals surface area contributed by atoms with Gasteiger partial charge in [-0.1, -0.05) is 32.0 Å². The van der Waals surface area contributed by atoms with Crippen LogP contribution in [-0.4, -0.2) is 21.5 Å². The van der Waals surface area contributed by atoms with Crippen molar-refractivity contribution >= 4 is 27.8 Å². The molecule has 3 aromatic rings. The van der Waals surface area contributed by atoms with E-state index in [1.807, 2.05) is 12.1 Å². The first-order valence-electron chi connectivity index (χ1n) is 6.21. The molecule has 18 heavy (non-hydrogen) atoms. The Hall–Kier alpha value is -2.10. The molecule has 0 aliphatic carbocycles. The molecule has 4 nitrogen and oxygen atoms in total. The number of fused-ring (bicyclic) bond motifs is 3. The zero-order chi connectivity index (χ0) is 12.5. The van der Waals surface area contributed by atoms with E-state index in [0.29, 0.717) is 5.92 Å². The highest BCUT2D eigenvalue weighted by Crippen LogP contribution is 2.26. The standard InChI is InChI=1S/C14H16N4/c1-9(2)7-15-14-13-12(16-8-17-14)10-5-3-4-6-11(10)18-13/h3-6,8-9,18H,7H2,1-2H3,(H,15,16,17). The maximum Gasteiger partial charge on any atom is 0.153 e. The van der Waals surface area contributed by atoms with Crippen LogP contribution in [0, 0.1) is 5.92 Å². The highest BCUT2D eigenvalue weighted by molar-refractivity contribution is 6.07. The molecule has 92 valence electrons. The number of para-hydroxylation sites is 1. The number of rotatable bonds is 3. The number of nitrogens with one attached hydrogen (secondary N) is 2. The number of hydrogen-bond acceptors (Lipinski definition) is 3. The van der Waals surface area contributed by atoms with E-state index in [1.165, 1.54) is 0 Å². The Morgan fingerprint density at radius 2 is 2.06 bits per heavy atom. The van der Waals surface area contributed by atoms with Crippen LogP contribution in [0.1, 0.15) is 13.8 Å². The molecule has 0 spiro atoms. The number of aromatic nitrogens is 3. The number of H-pyrrole nitrogens is 1. The van der Waals surface area contributed by atoms with E-state index in [2.05, 4.69) is 46.2 Å². The second-order valence-corrected chi connectivity index (χ2v) is 4.89.